The highest BCUT2D eigenvalue weighted by atomic mass is 32.2. The van der Waals surface area contributed by atoms with Crippen LogP contribution in [0.1, 0.15) is 6.92 Å². The number of anilines is 1. The predicted molar refractivity (Wildman–Crippen MR) is 101 cm³/mol. The van der Waals surface area contributed by atoms with Crippen molar-refractivity contribution in [1.29, 1.82) is 0 Å². The molecule has 3 rings (SSSR count). The highest BCUT2D eigenvalue weighted by Gasteiger charge is 2.15. The molecule has 2 aromatic carbocycles. The predicted octanol–water partition coefficient (Wildman–Crippen LogP) is 3.90. The third-order valence-electron chi connectivity index (χ3n) is 3.61. The summed E-state index contributed by atoms with van der Waals surface area (Å²) in [5, 5.41) is 17.4. The van der Waals surface area contributed by atoms with Gasteiger partial charge in [0.25, 0.3) is 5.69 Å². The van der Waals surface area contributed by atoms with E-state index in [0.29, 0.717) is 5.69 Å². The lowest BCUT2D eigenvalue weighted by Gasteiger charge is -2.13. The van der Waals surface area contributed by atoms with Crippen LogP contribution >= 0.6 is 11.8 Å². The van der Waals surface area contributed by atoms with Crippen molar-refractivity contribution >= 4 is 29.0 Å². The molecule has 0 saturated heterocycles. The van der Waals surface area contributed by atoms with Crippen molar-refractivity contribution in [3.05, 3.63) is 77.1 Å². The number of nitrogens with one attached hydrogen (secondary N) is 1. The van der Waals surface area contributed by atoms with Gasteiger partial charge in [0.2, 0.25) is 5.91 Å². The number of nitro benzene ring substituents is 1. The SMILES string of the molecule is CC(Sc1ccc([N+](=O)[O-])cc1)C(=O)Nc1cccc(-n2cccn2)c1. The van der Waals surface area contributed by atoms with Crippen LogP contribution < -0.4 is 5.32 Å². The number of hydrogen-bond acceptors (Lipinski definition) is 5. The first kappa shape index (κ1) is 17.7. The normalized spacial score (nSPS) is 11.7. The average Bonchev–Trinajstić information content (AvgIpc) is 3.17. The maximum absolute atomic E-state index is 12.4. The fraction of sp³-hybridized carbons (Fsp3) is 0.111. The van der Waals surface area contributed by atoms with E-state index in [-0.39, 0.29) is 16.8 Å². The van der Waals surface area contributed by atoms with E-state index in [0.717, 1.165) is 10.6 Å². The first-order valence-corrected chi connectivity index (χ1v) is 8.73. The Bertz CT molecular complexity index is 910. The maximum atomic E-state index is 12.4. The summed E-state index contributed by atoms with van der Waals surface area (Å²) in [5.41, 5.74) is 1.56. The number of carbonyl (C=O) groups excluding carboxylic acids is 1. The molecule has 26 heavy (non-hydrogen) atoms. The van der Waals surface area contributed by atoms with E-state index in [1.807, 2.05) is 36.5 Å². The zero-order valence-electron chi connectivity index (χ0n) is 13.9. The number of hydrogen-bond donors (Lipinski definition) is 1. The van der Waals surface area contributed by atoms with Crippen molar-refractivity contribution in [2.45, 2.75) is 17.1 Å². The Labute approximate surface area is 154 Å². The number of nitrogens with zero attached hydrogens (tertiary/aromatic N) is 3. The molecule has 1 unspecified atom stereocenters. The van der Waals surface area contributed by atoms with E-state index >= 15 is 0 Å². The maximum Gasteiger partial charge on any atom is 0.269 e. The number of aromatic nitrogens is 2. The highest BCUT2D eigenvalue weighted by Crippen LogP contribution is 2.26. The Balaban J connectivity index is 1.64. The third kappa shape index (κ3) is 4.28. The molecule has 1 heterocycles. The fourth-order valence-electron chi connectivity index (χ4n) is 2.30. The van der Waals surface area contributed by atoms with Gasteiger partial charge in [-0.1, -0.05) is 6.07 Å². The van der Waals surface area contributed by atoms with Gasteiger partial charge in [-0.15, -0.1) is 11.8 Å². The van der Waals surface area contributed by atoms with E-state index in [4.69, 9.17) is 0 Å². The Morgan fingerprint density at radius 2 is 2.00 bits per heavy atom. The number of carbonyl (C=O) groups is 1. The number of amides is 1. The Morgan fingerprint density at radius 3 is 2.65 bits per heavy atom. The van der Waals surface area contributed by atoms with Gasteiger partial charge in [-0.05, 0) is 43.3 Å². The number of thioether (sulfide) groups is 1. The molecule has 0 bridgehead atoms. The summed E-state index contributed by atoms with van der Waals surface area (Å²) in [6.45, 7) is 1.79. The molecule has 8 heteroatoms. The molecule has 1 N–H and O–H groups in total. The third-order valence-corrected chi connectivity index (χ3v) is 4.72. The summed E-state index contributed by atoms with van der Waals surface area (Å²) in [4.78, 5) is 23.5. The molecule has 1 aromatic heterocycles. The van der Waals surface area contributed by atoms with Gasteiger partial charge in [-0.25, -0.2) is 4.68 Å². The highest BCUT2D eigenvalue weighted by molar-refractivity contribution is 8.00. The second-order valence-electron chi connectivity index (χ2n) is 5.50. The Morgan fingerprint density at radius 1 is 1.23 bits per heavy atom. The zero-order chi connectivity index (χ0) is 18.5. The Kier molecular flexibility index (Phi) is 5.33. The smallest absolute Gasteiger partial charge is 0.269 e. The summed E-state index contributed by atoms with van der Waals surface area (Å²) in [6.07, 6.45) is 3.52. The summed E-state index contributed by atoms with van der Waals surface area (Å²) < 4.78 is 1.71. The summed E-state index contributed by atoms with van der Waals surface area (Å²) >= 11 is 1.34. The standard InChI is InChI=1S/C18H16N4O3S/c1-13(26-17-8-6-15(7-9-17)22(24)25)18(23)20-14-4-2-5-16(12-14)21-11-3-10-19-21/h2-13H,1H3,(H,20,23). The van der Waals surface area contributed by atoms with Crippen LogP contribution in [0.5, 0.6) is 0 Å². The van der Waals surface area contributed by atoms with E-state index in [9.17, 15) is 14.9 Å². The van der Waals surface area contributed by atoms with E-state index in [1.165, 1.54) is 23.9 Å². The van der Waals surface area contributed by atoms with Gasteiger partial charge in [0, 0.05) is 35.1 Å². The van der Waals surface area contributed by atoms with Crippen molar-refractivity contribution in [2.24, 2.45) is 0 Å². The molecule has 0 aliphatic heterocycles. The molecule has 7 nitrogen and oxygen atoms in total. The lowest BCUT2D eigenvalue weighted by Crippen LogP contribution is -2.22. The van der Waals surface area contributed by atoms with Crippen molar-refractivity contribution in [3.8, 4) is 5.69 Å². The first-order valence-electron chi connectivity index (χ1n) is 7.85. The topological polar surface area (TPSA) is 90.1 Å². The zero-order valence-corrected chi connectivity index (χ0v) is 14.7. The molecule has 1 amide bonds. The Hall–Kier alpha value is -3.13. The van der Waals surface area contributed by atoms with Crippen molar-refractivity contribution in [2.75, 3.05) is 5.32 Å². The number of non-ortho nitro benzene ring substituents is 1. The van der Waals surface area contributed by atoms with Crippen molar-refractivity contribution < 1.29 is 9.72 Å². The molecule has 0 aliphatic carbocycles. The fourth-order valence-corrected chi connectivity index (χ4v) is 3.16. The molecular formula is C18H16N4O3S. The van der Waals surface area contributed by atoms with Gasteiger partial charge in [0.05, 0.1) is 15.9 Å². The lowest BCUT2D eigenvalue weighted by molar-refractivity contribution is -0.384. The minimum Gasteiger partial charge on any atom is -0.325 e. The van der Waals surface area contributed by atoms with Crippen LogP contribution in [0.3, 0.4) is 0 Å². The van der Waals surface area contributed by atoms with Gasteiger partial charge < -0.3 is 5.32 Å². The minimum absolute atomic E-state index is 0.0295. The first-order chi connectivity index (χ1) is 12.5. The molecule has 0 saturated carbocycles. The average molecular weight is 368 g/mol. The van der Waals surface area contributed by atoms with Gasteiger partial charge in [-0.3, -0.25) is 14.9 Å². The van der Waals surface area contributed by atoms with Crippen molar-refractivity contribution in [3.63, 3.8) is 0 Å². The quantitative estimate of drug-likeness (QED) is 0.405. The summed E-state index contributed by atoms with van der Waals surface area (Å²) in [5.74, 6) is -0.147. The number of rotatable bonds is 6. The second kappa shape index (κ2) is 7.83. The molecule has 132 valence electrons. The van der Waals surface area contributed by atoms with Crippen LogP contribution in [-0.2, 0) is 4.79 Å². The molecule has 0 aliphatic rings. The molecule has 0 spiro atoms. The van der Waals surface area contributed by atoms with Gasteiger partial charge in [0.15, 0.2) is 0 Å². The summed E-state index contributed by atoms with van der Waals surface area (Å²) in [7, 11) is 0. The van der Waals surface area contributed by atoms with E-state index in [1.54, 1.807) is 29.9 Å². The summed E-state index contributed by atoms with van der Waals surface area (Å²) in [6, 6.07) is 15.4. The molecule has 3 aromatic rings. The monoisotopic (exact) mass is 368 g/mol. The molecule has 0 fully saturated rings. The lowest BCUT2D eigenvalue weighted by atomic mass is 10.2. The van der Waals surface area contributed by atoms with Gasteiger partial charge in [-0.2, -0.15) is 5.10 Å². The largest absolute Gasteiger partial charge is 0.325 e. The minimum atomic E-state index is -0.447. The van der Waals surface area contributed by atoms with Crippen LogP contribution in [0.15, 0.2) is 71.9 Å². The molecule has 0 radical (unpaired) electrons. The van der Waals surface area contributed by atoms with Crippen molar-refractivity contribution in [1.82, 2.24) is 9.78 Å². The van der Waals surface area contributed by atoms with Crippen LogP contribution in [0, 0.1) is 10.1 Å². The van der Waals surface area contributed by atoms with E-state index in [2.05, 4.69) is 10.4 Å². The number of nitro groups is 1. The molecular weight excluding hydrogens is 352 g/mol. The second-order valence-corrected chi connectivity index (χ2v) is 6.92. The van der Waals surface area contributed by atoms with Crippen LogP contribution in [0.2, 0.25) is 0 Å². The van der Waals surface area contributed by atoms with Crippen LogP contribution in [-0.4, -0.2) is 25.9 Å². The van der Waals surface area contributed by atoms with Crippen LogP contribution in [0.4, 0.5) is 11.4 Å². The number of benzene rings is 2. The van der Waals surface area contributed by atoms with Gasteiger partial charge >= 0.3 is 0 Å². The molecule has 1 atom stereocenters. The van der Waals surface area contributed by atoms with Gasteiger partial charge in [0.1, 0.15) is 0 Å². The van der Waals surface area contributed by atoms with Crippen LogP contribution in [0.25, 0.3) is 5.69 Å². The van der Waals surface area contributed by atoms with E-state index < -0.39 is 4.92 Å².